The second kappa shape index (κ2) is 45.7. The summed E-state index contributed by atoms with van der Waals surface area (Å²) in [4.78, 5) is 21.6. The third kappa shape index (κ3) is 52.0. The summed E-state index contributed by atoms with van der Waals surface area (Å²) in [6, 6.07) is 0. The van der Waals surface area contributed by atoms with E-state index in [0.29, 0.717) is 6.54 Å². The van der Waals surface area contributed by atoms with Gasteiger partial charge in [0.1, 0.15) is 0 Å². The fraction of sp³-hybridized carbons (Fsp3) is 1.00. The standard InChI is InChI=1S/C36H74O.C10H23NO.H3O4P/c1-5-9-13-17-21-25-29-35(30-26-22-18-14-10-6-2)33-37-34-36(31-27-23-19-15-11-7-3)32-28-24-20-16-12-8-4;1-3-5-7-10(12,9-11)8-6-4-2;1-5(2,3)4/h35-36H,5-34H2,1-4H3;12H,3-9,11H2,1-2H3;(H3,1,2,3,4). The summed E-state index contributed by atoms with van der Waals surface area (Å²) < 4.78 is 15.4. The third-order valence-electron chi connectivity index (χ3n) is 10.9. The predicted octanol–water partition coefficient (Wildman–Crippen LogP) is 14.4. The van der Waals surface area contributed by atoms with Crippen molar-refractivity contribution in [3.63, 3.8) is 0 Å². The molecule has 8 heteroatoms. The molecule has 6 N–H and O–H groups in total. The zero-order valence-electron chi connectivity index (χ0n) is 37.4. The van der Waals surface area contributed by atoms with Crippen LogP contribution in [0.25, 0.3) is 0 Å². The quantitative estimate of drug-likeness (QED) is 0.0309. The summed E-state index contributed by atoms with van der Waals surface area (Å²) in [5.74, 6) is 1.61. The number of aliphatic hydroxyl groups is 1. The van der Waals surface area contributed by atoms with E-state index >= 15 is 0 Å². The van der Waals surface area contributed by atoms with Gasteiger partial charge in [-0.2, -0.15) is 0 Å². The smallest absolute Gasteiger partial charge is 0.389 e. The van der Waals surface area contributed by atoms with Crippen molar-refractivity contribution >= 4 is 7.82 Å². The molecule has 0 aromatic carbocycles. The Kier molecular flexibility index (Phi) is 49.3. The van der Waals surface area contributed by atoms with E-state index in [2.05, 4.69) is 41.5 Å². The van der Waals surface area contributed by atoms with Crippen molar-refractivity contribution in [2.24, 2.45) is 17.6 Å². The molecule has 54 heavy (non-hydrogen) atoms. The van der Waals surface area contributed by atoms with Crippen LogP contribution in [0.1, 0.15) is 260 Å². The van der Waals surface area contributed by atoms with Crippen LogP contribution in [-0.2, 0) is 9.30 Å². The molecule has 0 saturated carbocycles. The highest BCUT2D eigenvalue weighted by atomic mass is 31.2. The maximum Gasteiger partial charge on any atom is 0.466 e. The van der Waals surface area contributed by atoms with Crippen LogP contribution in [0.3, 0.4) is 0 Å². The summed E-state index contributed by atoms with van der Waals surface area (Å²) in [6.07, 6.45) is 45.8. The fourth-order valence-corrected chi connectivity index (χ4v) is 7.22. The van der Waals surface area contributed by atoms with Gasteiger partial charge in [0.15, 0.2) is 0 Å². The number of unbranched alkanes of at least 4 members (excludes halogenated alkanes) is 22. The number of rotatable bonds is 39. The summed E-state index contributed by atoms with van der Waals surface area (Å²) in [5, 5.41) is 9.96. The molecule has 0 saturated heterocycles. The highest BCUT2D eigenvalue weighted by molar-refractivity contribution is 7.45. The average Bonchev–Trinajstić information content (AvgIpc) is 3.14. The van der Waals surface area contributed by atoms with E-state index in [1.165, 1.54) is 180 Å². The third-order valence-corrected chi connectivity index (χ3v) is 10.9. The van der Waals surface area contributed by atoms with E-state index in [1.807, 2.05) is 0 Å². The van der Waals surface area contributed by atoms with Crippen LogP contribution in [-0.4, -0.2) is 45.1 Å². The van der Waals surface area contributed by atoms with Gasteiger partial charge < -0.3 is 30.3 Å². The SMILES string of the molecule is CCCCC(O)(CN)CCCC.CCCCCCCCC(CCCCCCCC)COCC(CCCCCCCC)CCCCCCCC.O=P(O)(O)O. The van der Waals surface area contributed by atoms with Gasteiger partial charge in [-0.05, 0) is 50.4 Å². The first kappa shape index (κ1) is 58.3. The molecule has 0 rings (SSSR count). The average molecular weight is 794 g/mol. The monoisotopic (exact) mass is 794 g/mol. The molecule has 330 valence electrons. The predicted molar refractivity (Wildman–Crippen MR) is 237 cm³/mol. The maximum absolute atomic E-state index is 9.96. The van der Waals surface area contributed by atoms with Gasteiger partial charge in [-0.3, -0.25) is 0 Å². The lowest BCUT2D eigenvalue weighted by Gasteiger charge is -2.26. The molecule has 0 aliphatic carbocycles. The largest absolute Gasteiger partial charge is 0.466 e. The highest BCUT2D eigenvalue weighted by Gasteiger charge is 2.23. The first-order valence-corrected chi connectivity index (χ1v) is 25.3. The van der Waals surface area contributed by atoms with E-state index in [0.717, 1.165) is 63.6 Å². The van der Waals surface area contributed by atoms with E-state index in [9.17, 15) is 5.11 Å². The molecule has 0 unspecified atom stereocenters. The highest BCUT2D eigenvalue weighted by Crippen LogP contribution is 2.26. The lowest BCUT2D eigenvalue weighted by atomic mass is 9.91. The van der Waals surface area contributed by atoms with Crippen molar-refractivity contribution in [2.75, 3.05) is 19.8 Å². The van der Waals surface area contributed by atoms with Crippen molar-refractivity contribution in [3.8, 4) is 0 Å². The van der Waals surface area contributed by atoms with Crippen molar-refractivity contribution in [1.29, 1.82) is 0 Å². The first-order chi connectivity index (χ1) is 26.0. The first-order valence-electron chi connectivity index (χ1n) is 23.7. The molecule has 0 spiro atoms. The van der Waals surface area contributed by atoms with E-state index in [4.69, 9.17) is 29.7 Å². The van der Waals surface area contributed by atoms with Crippen LogP contribution in [0.2, 0.25) is 0 Å². The van der Waals surface area contributed by atoms with Crippen LogP contribution < -0.4 is 5.73 Å². The Hall–Kier alpha value is -0.0100. The Morgan fingerprint density at radius 1 is 0.444 bits per heavy atom. The molecule has 0 aliphatic rings. The summed E-state index contributed by atoms with van der Waals surface area (Å²) in [6.45, 7) is 16.0. The van der Waals surface area contributed by atoms with Gasteiger partial charge in [0, 0.05) is 19.8 Å². The minimum absolute atomic E-state index is 0.410. The van der Waals surface area contributed by atoms with Gasteiger partial charge in [-0.15, -0.1) is 0 Å². The molecular formula is C46H100NO6P. The topological polar surface area (TPSA) is 133 Å². The molecule has 7 nitrogen and oxygen atoms in total. The Labute approximate surface area is 338 Å². The van der Waals surface area contributed by atoms with Crippen LogP contribution in [0.15, 0.2) is 0 Å². The fourth-order valence-electron chi connectivity index (χ4n) is 7.22. The van der Waals surface area contributed by atoms with Crippen LogP contribution in [0.4, 0.5) is 0 Å². The maximum atomic E-state index is 9.96. The van der Waals surface area contributed by atoms with E-state index in [1.54, 1.807) is 0 Å². The van der Waals surface area contributed by atoms with Gasteiger partial charge in [0.05, 0.1) is 5.60 Å². The molecule has 0 radical (unpaired) electrons. The number of hydrogen-bond acceptors (Lipinski definition) is 4. The molecule has 0 heterocycles. The summed E-state index contributed by atoms with van der Waals surface area (Å²) in [7, 11) is -4.64. The number of nitrogens with two attached hydrogens (primary N) is 1. The second-order valence-electron chi connectivity index (χ2n) is 16.6. The van der Waals surface area contributed by atoms with E-state index < -0.39 is 13.4 Å². The van der Waals surface area contributed by atoms with Gasteiger partial charge in [0.25, 0.3) is 0 Å². The lowest BCUT2D eigenvalue weighted by Crippen LogP contribution is -2.37. The summed E-state index contributed by atoms with van der Waals surface area (Å²) >= 11 is 0. The van der Waals surface area contributed by atoms with Gasteiger partial charge in [-0.1, -0.05) is 221 Å². The molecule has 0 fully saturated rings. The van der Waals surface area contributed by atoms with Crippen molar-refractivity contribution in [3.05, 3.63) is 0 Å². The van der Waals surface area contributed by atoms with Crippen molar-refractivity contribution < 1.29 is 29.1 Å². The van der Waals surface area contributed by atoms with Crippen LogP contribution in [0, 0.1) is 11.8 Å². The summed E-state index contributed by atoms with van der Waals surface area (Å²) in [5.41, 5.74) is 4.96. The Bertz CT molecular complexity index is 652. The van der Waals surface area contributed by atoms with Crippen molar-refractivity contribution in [2.45, 2.75) is 265 Å². The Balaban J connectivity index is -0.00000126. The molecule has 0 aromatic rings. The zero-order valence-corrected chi connectivity index (χ0v) is 38.3. The van der Waals surface area contributed by atoms with E-state index in [-0.39, 0.29) is 0 Å². The lowest BCUT2D eigenvalue weighted by molar-refractivity contribution is 0.0273. The van der Waals surface area contributed by atoms with Gasteiger partial charge in [0.2, 0.25) is 0 Å². The van der Waals surface area contributed by atoms with Gasteiger partial charge in [-0.25, -0.2) is 4.57 Å². The molecule has 0 aliphatic heterocycles. The minimum Gasteiger partial charge on any atom is -0.389 e. The Morgan fingerprint density at radius 3 is 0.889 bits per heavy atom. The molecular weight excluding hydrogens is 693 g/mol. The number of phosphoric acid groups is 1. The van der Waals surface area contributed by atoms with Crippen LogP contribution >= 0.6 is 7.82 Å². The van der Waals surface area contributed by atoms with Crippen LogP contribution in [0.5, 0.6) is 0 Å². The molecule has 0 aromatic heterocycles. The molecule has 0 bridgehead atoms. The normalized spacial score (nSPS) is 11.9. The molecule has 0 atom stereocenters. The van der Waals surface area contributed by atoms with Crippen molar-refractivity contribution in [1.82, 2.24) is 0 Å². The zero-order chi connectivity index (χ0) is 41.0. The number of hydrogen-bond donors (Lipinski definition) is 5. The minimum atomic E-state index is -4.64. The van der Waals surface area contributed by atoms with Gasteiger partial charge >= 0.3 is 7.82 Å². The molecule has 0 amide bonds. The number of ether oxygens (including phenoxy) is 1. The Morgan fingerprint density at radius 2 is 0.667 bits per heavy atom. The second-order valence-corrected chi connectivity index (χ2v) is 17.7.